The Bertz CT molecular complexity index is 488. The molecule has 1 saturated heterocycles. The maximum absolute atomic E-state index is 12.4. The number of carbonyl (C=O) groups excluding carboxylic acids is 1. The highest BCUT2D eigenvalue weighted by Gasteiger charge is 2.34. The minimum absolute atomic E-state index is 0.122. The highest BCUT2D eigenvalue weighted by Crippen LogP contribution is 2.30. The van der Waals surface area contributed by atoms with Crippen LogP contribution in [0.5, 0.6) is 5.75 Å². The second-order valence-electron chi connectivity index (χ2n) is 6.71. The van der Waals surface area contributed by atoms with E-state index in [1.165, 1.54) is 0 Å². The summed E-state index contributed by atoms with van der Waals surface area (Å²) in [5.41, 5.74) is 0.129. The molecule has 4 nitrogen and oxygen atoms in total. The first-order valence-corrected chi connectivity index (χ1v) is 8.09. The maximum Gasteiger partial charge on any atom is 0.338 e. The van der Waals surface area contributed by atoms with Gasteiger partial charge < -0.3 is 14.8 Å². The summed E-state index contributed by atoms with van der Waals surface area (Å²) >= 11 is 0. The fourth-order valence-electron chi connectivity index (χ4n) is 2.84. The smallest absolute Gasteiger partial charge is 0.338 e. The maximum atomic E-state index is 12.4. The number of esters is 1. The fraction of sp³-hybridized carbons (Fsp3) is 0.611. The van der Waals surface area contributed by atoms with Crippen LogP contribution >= 0.6 is 0 Å². The zero-order valence-electron chi connectivity index (χ0n) is 14.0. The monoisotopic (exact) mass is 305 g/mol. The van der Waals surface area contributed by atoms with Gasteiger partial charge >= 0.3 is 5.97 Å². The summed E-state index contributed by atoms with van der Waals surface area (Å²) < 4.78 is 11.4. The van der Waals surface area contributed by atoms with Gasteiger partial charge in [-0.05, 0) is 77.9 Å². The quantitative estimate of drug-likeness (QED) is 0.847. The van der Waals surface area contributed by atoms with Crippen LogP contribution in [0.25, 0.3) is 0 Å². The summed E-state index contributed by atoms with van der Waals surface area (Å²) in [6, 6.07) is 7.15. The van der Waals surface area contributed by atoms with Gasteiger partial charge in [0, 0.05) is 5.92 Å². The molecule has 122 valence electrons. The normalized spacial score (nSPS) is 16.6. The first-order chi connectivity index (χ1) is 10.4. The minimum Gasteiger partial charge on any atom is -0.491 e. The number of hydrogen-bond donors (Lipinski definition) is 1. The molecule has 1 heterocycles. The van der Waals surface area contributed by atoms with Crippen molar-refractivity contribution in [2.45, 2.75) is 52.2 Å². The van der Waals surface area contributed by atoms with Crippen LogP contribution in [0.3, 0.4) is 0 Å². The summed E-state index contributed by atoms with van der Waals surface area (Å²) in [5, 5.41) is 3.34. The standard InChI is InChI=1S/C18H27NO3/c1-13(2)21-16-7-5-14(6-8-16)17(20)22-18(3,4)15-9-11-19-12-10-15/h5-8,13,15,19H,9-12H2,1-4H3. The van der Waals surface area contributed by atoms with Crippen molar-refractivity contribution in [2.75, 3.05) is 13.1 Å². The van der Waals surface area contributed by atoms with Crippen LogP contribution in [-0.4, -0.2) is 30.8 Å². The van der Waals surface area contributed by atoms with Gasteiger partial charge in [0.15, 0.2) is 0 Å². The highest BCUT2D eigenvalue weighted by atomic mass is 16.6. The Morgan fingerprint density at radius 3 is 2.32 bits per heavy atom. The second-order valence-corrected chi connectivity index (χ2v) is 6.71. The van der Waals surface area contributed by atoms with Crippen LogP contribution in [0.2, 0.25) is 0 Å². The van der Waals surface area contributed by atoms with E-state index in [1.807, 2.05) is 39.8 Å². The van der Waals surface area contributed by atoms with Crippen LogP contribution in [-0.2, 0) is 4.74 Å². The molecule has 4 heteroatoms. The van der Waals surface area contributed by atoms with Crippen molar-refractivity contribution in [2.24, 2.45) is 5.92 Å². The molecule has 0 atom stereocenters. The fourth-order valence-corrected chi connectivity index (χ4v) is 2.84. The number of carbonyl (C=O) groups is 1. The molecule has 1 aromatic carbocycles. The first-order valence-electron chi connectivity index (χ1n) is 8.09. The van der Waals surface area contributed by atoms with Crippen LogP contribution in [0.1, 0.15) is 50.9 Å². The third kappa shape index (κ3) is 4.47. The van der Waals surface area contributed by atoms with E-state index in [0.717, 1.165) is 31.7 Å². The van der Waals surface area contributed by atoms with Gasteiger partial charge in [0.05, 0.1) is 11.7 Å². The molecule has 1 aliphatic heterocycles. The third-order valence-electron chi connectivity index (χ3n) is 4.14. The zero-order valence-corrected chi connectivity index (χ0v) is 14.0. The largest absolute Gasteiger partial charge is 0.491 e. The van der Waals surface area contributed by atoms with Crippen LogP contribution in [0.4, 0.5) is 0 Å². The molecule has 0 amide bonds. The summed E-state index contributed by atoms with van der Waals surface area (Å²) in [7, 11) is 0. The molecule has 1 aliphatic rings. The molecule has 0 saturated carbocycles. The predicted octanol–water partition coefficient (Wildman–Crippen LogP) is 3.41. The summed E-state index contributed by atoms with van der Waals surface area (Å²) in [4.78, 5) is 12.4. The van der Waals surface area contributed by atoms with Crippen molar-refractivity contribution in [3.8, 4) is 5.75 Å². The number of hydrogen-bond acceptors (Lipinski definition) is 4. The summed E-state index contributed by atoms with van der Waals surface area (Å²) in [6.45, 7) is 9.96. The predicted molar refractivity (Wildman–Crippen MR) is 87.3 cm³/mol. The molecule has 2 rings (SSSR count). The molecule has 0 aliphatic carbocycles. The van der Waals surface area contributed by atoms with Gasteiger partial charge in [-0.25, -0.2) is 4.79 Å². The Balaban J connectivity index is 1.98. The molecule has 0 radical (unpaired) electrons. The molecule has 1 aromatic rings. The van der Waals surface area contributed by atoms with E-state index in [4.69, 9.17) is 9.47 Å². The number of benzene rings is 1. The lowest BCUT2D eigenvalue weighted by atomic mass is 9.83. The van der Waals surface area contributed by atoms with Crippen molar-refractivity contribution < 1.29 is 14.3 Å². The Morgan fingerprint density at radius 2 is 1.77 bits per heavy atom. The van der Waals surface area contributed by atoms with E-state index < -0.39 is 5.60 Å². The molecular formula is C18H27NO3. The average Bonchev–Trinajstić information content (AvgIpc) is 2.48. The van der Waals surface area contributed by atoms with Gasteiger partial charge in [-0.1, -0.05) is 0 Å². The van der Waals surface area contributed by atoms with E-state index in [0.29, 0.717) is 11.5 Å². The first kappa shape index (κ1) is 16.8. The topological polar surface area (TPSA) is 47.6 Å². The highest BCUT2D eigenvalue weighted by molar-refractivity contribution is 5.89. The average molecular weight is 305 g/mol. The van der Waals surface area contributed by atoms with Crippen LogP contribution in [0.15, 0.2) is 24.3 Å². The van der Waals surface area contributed by atoms with Crippen molar-refractivity contribution in [3.63, 3.8) is 0 Å². The molecular weight excluding hydrogens is 278 g/mol. The third-order valence-corrected chi connectivity index (χ3v) is 4.14. The number of ether oxygens (including phenoxy) is 2. The van der Waals surface area contributed by atoms with E-state index in [2.05, 4.69) is 5.32 Å². The van der Waals surface area contributed by atoms with Crippen molar-refractivity contribution >= 4 is 5.97 Å². The molecule has 0 bridgehead atoms. The zero-order chi connectivity index (χ0) is 16.2. The molecule has 22 heavy (non-hydrogen) atoms. The van der Waals surface area contributed by atoms with E-state index in [-0.39, 0.29) is 12.1 Å². The lowest BCUT2D eigenvalue weighted by Crippen LogP contribution is -2.42. The van der Waals surface area contributed by atoms with Crippen molar-refractivity contribution in [1.29, 1.82) is 0 Å². The number of nitrogens with one attached hydrogen (secondary N) is 1. The van der Waals surface area contributed by atoms with Crippen molar-refractivity contribution in [3.05, 3.63) is 29.8 Å². The van der Waals surface area contributed by atoms with E-state index >= 15 is 0 Å². The Hall–Kier alpha value is -1.55. The van der Waals surface area contributed by atoms with E-state index in [1.54, 1.807) is 12.1 Å². The summed E-state index contributed by atoms with van der Waals surface area (Å²) in [5.74, 6) is 0.907. The lowest BCUT2D eigenvalue weighted by molar-refractivity contribution is -0.0368. The van der Waals surface area contributed by atoms with Gasteiger partial charge in [0.25, 0.3) is 0 Å². The van der Waals surface area contributed by atoms with E-state index in [9.17, 15) is 4.79 Å². The Kier molecular flexibility index (Phi) is 5.46. The minimum atomic E-state index is -0.438. The Labute approximate surface area is 133 Å². The number of rotatable bonds is 5. The van der Waals surface area contributed by atoms with Gasteiger partial charge in [-0.3, -0.25) is 0 Å². The SMILES string of the molecule is CC(C)Oc1ccc(C(=O)OC(C)(C)C2CCNCC2)cc1. The van der Waals surface area contributed by atoms with Crippen LogP contribution in [0, 0.1) is 5.92 Å². The van der Waals surface area contributed by atoms with Crippen LogP contribution < -0.4 is 10.1 Å². The van der Waals surface area contributed by atoms with Gasteiger partial charge in [-0.2, -0.15) is 0 Å². The lowest BCUT2D eigenvalue weighted by Gasteiger charge is -2.36. The molecule has 0 aromatic heterocycles. The molecule has 0 spiro atoms. The molecule has 1 fully saturated rings. The van der Waals surface area contributed by atoms with Gasteiger partial charge in [0.2, 0.25) is 0 Å². The molecule has 1 N–H and O–H groups in total. The summed E-state index contributed by atoms with van der Waals surface area (Å²) in [6.07, 6.45) is 2.21. The van der Waals surface area contributed by atoms with Gasteiger partial charge in [-0.15, -0.1) is 0 Å². The van der Waals surface area contributed by atoms with Crippen molar-refractivity contribution in [1.82, 2.24) is 5.32 Å². The Morgan fingerprint density at radius 1 is 1.18 bits per heavy atom. The second kappa shape index (κ2) is 7.14. The number of piperidine rings is 1. The molecule has 0 unspecified atom stereocenters. The van der Waals surface area contributed by atoms with Gasteiger partial charge in [0.1, 0.15) is 11.4 Å².